The van der Waals surface area contributed by atoms with Crippen molar-refractivity contribution in [2.45, 2.75) is 33.2 Å². The van der Waals surface area contributed by atoms with Gasteiger partial charge in [-0.2, -0.15) is 0 Å². The summed E-state index contributed by atoms with van der Waals surface area (Å²) >= 11 is 0. The maximum atomic E-state index is 11.1. The third kappa shape index (κ3) is 6.98. The highest BCUT2D eigenvalue weighted by molar-refractivity contribution is 5.07. The van der Waals surface area contributed by atoms with Crippen LogP contribution in [0.1, 0.15) is 27.2 Å². The fourth-order valence-corrected chi connectivity index (χ4v) is 1.23. The lowest BCUT2D eigenvalue weighted by Crippen LogP contribution is -2.23. The van der Waals surface area contributed by atoms with Gasteiger partial charge in [-0.15, -0.1) is 0 Å². The van der Waals surface area contributed by atoms with E-state index < -0.39 is 0 Å². The third-order valence-corrected chi connectivity index (χ3v) is 2.22. The summed E-state index contributed by atoms with van der Waals surface area (Å²) < 4.78 is 1.03. The smallest absolute Gasteiger partial charge is 0.212 e. The lowest BCUT2D eigenvalue weighted by Gasteiger charge is -2.12. The first kappa shape index (κ1) is 14.6. The maximum absolute atomic E-state index is 11.1. The molecule has 0 heterocycles. The molecule has 0 aromatic carbocycles. The number of hydrogen-bond acceptors (Lipinski definition) is 2. The topological polar surface area (TPSA) is 32.1 Å². The molecule has 0 rings (SSSR count). The SMILES string of the molecule is C=CC=CC(C)NC(=CC[N+](=O)CC)CC. The van der Waals surface area contributed by atoms with Gasteiger partial charge < -0.3 is 5.32 Å². The molecule has 0 aliphatic carbocycles. The first-order valence-electron chi connectivity index (χ1n) is 5.80. The molecule has 3 heteroatoms. The molecular weight excluding hydrogens is 200 g/mol. The van der Waals surface area contributed by atoms with Gasteiger partial charge in [-0.1, -0.05) is 31.7 Å². The molecule has 0 amide bonds. The molecule has 0 spiro atoms. The Morgan fingerprint density at radius 2 is 2.19 bits per heavy atom. The van der Waals surface area contributed by atoms with Crippen molar-refractivity contribution in [2.75, 3.05) is 13.1 Å². The third-order valence-electron chi connectivity index (χ3n) is 2.22. The quantitative estimate of drug-likeness (QED) is 0.507. The van der Waals surface area contributed by atoms with Crippen molar-refractivity contribution in [3.63, 3.8) is 0 Å². The first-order valence-corrected chi connectivity index (χ1v) is 5.80. The van der Waals surface area contributed by atoms with E-state index in [2.05, 4.69) is 25.7 Å². The second kappa shape index (κ2) is 8.89. The van der Waals surface area contributed by atoms with E-state index in [1.165, 1.54) is 0 Å². The first-order chi connectivity index (χ1) is 7.63. The number of allylic oxidation sites excluding steroid dienone is 3. The fourth-order valence-electron chi connectivity index (χ4n) is 1.23. The van der Waals surface area contributed by atoms with Gasteiger partial charge in [-0.05, 0) is 20.3 Å². The molecule has 1 atom stereocenters. The molecule has 1 unspecified atom stereocenters. The van der Waals surface area contributed by atoms with Crippen LogP contribution in [0.3, 0.4) is 0 Å². The molecule has 0 saturated heterocycles. The molecule has 0 saturated carbocycles. The molecule has 0 radical (unpaired) electrons. The van der Waals surface area contributed by atoms with Gasteiger partial charge >= 0.3 is 0 Å². The van der Waals surface area contributed by atoms with Crippen molar-refractivity contribution in [3.8, 4) is 0 Å². The fraction of sp³-hybridized carbons (Fsp3) is 0.538. The minimum atomic E-state index is 0.255. The number of hydrogen-bond donors (Lipinski definition) is 1. The van der Waals surface area contributed by atoms with E-state index in [0.717, 1.165) is 16.9 Å². The Labute approximate surface area is 98.5 Å². The summed E-state index contributed by atoms with van der Waals surface area (Å²) in [4.78, 5) is 11.1. The van der Waals surface area contributed by atoms with Crippen molar-refractivity contribution in [2.24, 2.45) is 0 Å². The predicted molar refractivity (Wildman–Crippen MR) is 69.3 cm³/mol. The second-order valence-electron chi connectivity index (χ2n) is 3.62. The van der Waals surface area contributed by atoms with E-state index in [-0.39, 0.29) is 6.04 Å². The summed E-state index contributed by atoms with van der Waals surface area (Å²) in [5.74, 6) is 0. The summed E-state index contributed by atoms with van der Waals surface area (Å²) in [6.45, 7) is 10.6. The van der Waals surface area contributed by atoms with Gasteiger partial charge in [0.2, 0.25) is 6.54 Å². The minimum Gasteiger partial charge on any atom is -0.382 e. The van der Waals surface area contributed by atoms with Crippen LogP contribution in [-0.4, -0.2) is 23.9 Å². The zero-order chi connectivity index (χ0) is 12.4. The molecule has 3 nitrogen and oxygen atoms in total. The molecular formula is C13H23N2O+. The predicted octanol–water partition coefficient (Wildman–Crippen LogP) is 2.80. The number of nitroso groups, excluding NO2 is 1. The number of nitrogens with one attached hydrogen (secondary N) is 1. The summed E-state index contributed by atoms with van der Waals surface area (Å²) in [6.07, 6.45) is 8.56. The van der Waals surface area contributed by atoms with Crippen molar-refractivity contribution in [1.82, 2.24) is 5.32 Å². The normalized spacial score (nSPS) is 13.8. The van der Waals surface area contributed by atoms with Gasteiger partial charge in [0.25, 0.3) is 0 Å². The van der Waals surface area contributed by atoms with Crippen molar-refractivity contribution in [1.29, 1.82) is 0 Å². The Kier molecular flexibility index (Phi) is 8.12. The van der Waals surface area contributed by atoms with Crippen LogP contribution in [-0.2, 0) is 0 Å². The van der Waals surface area contributed by atoms with Crippen molar-refractivity contribution in [3.05, 3.63) is 41.5 Å². The Bertz CT molecular complexity index is 280. The summed E-state index contributed by atoms with van der Waals surface area (Å²) in [6, 6.07) is 0.255. The van der Waals surface area contributed by atoms with Crippen molar-refractivity contribution >= 4 is 0 Å². The summed E-state index contributed by atoms with van der Waals surface area (Å²) in [7, 11) is 0. The summed E-state index contributed by atoms with van der Waals surface area (Å²) in [5.41, 5.74) is 1.11. The highest BCUT2D eigenvalue weighted by Gasteiger charge is 2.03. The number of rotatable bonds is 8. The van der Waals surface area contributed by atoms with Crippen LogP contribution in [0.4, 0.5) is 0 Å². The molecule has 0 aliphatic heterocycles. The molecule has 0 aromatic heterocycles. The van der Waals surface area contributed by atoms with Gasteiger partial charge in [0.15, 0.2) is 6.54 Å². The van der Waals surface area contributed by atoms with E-state index in [9.17, 15) is 4.91 Å². The van der Waals surface area contributed by atoms with E-state index in [1.54, 1.807) is 6.08 Å². The minimum absolute atomic E-state index is 0.255. The zero-order valence-corrected chi connectivity index (χ0v) is 10.6. The van der Waals surface area contributed by atoms with E-state index in [1.807, 2.05) is 25.2 Å². The lowest BCUT2D eigenvalue weighted by atomic mass is 10.2. The van der Waals surface area contributed by atoms with Crippen LogP contribution < -0.4 is 5.32 Å². The van der Waals surface area contributed by atoms with E-state index in [4.69, 9.17) is 0 Å². The lowest BCUT2D eigenvalue weighted by molar-refractivity contribution is -0.535. The van der Waals surface area contributed by atoms with Gasteiger partial charge in [0.05, 0.1) is 0 Å². The number of likely N-dealkylation sites (N-methyl/N-ethyl adjacent to an activating group) is 1. The maximum Gasteiger partial charge on any atom is 0.212 e. The Balaban J connectivity index is 4.22. The van der Waals surface area contributed by atoms with Crippen LogP contribution in [0, 0.1) is 4.91 Å². The zero-order valence-electron chi connectivity index (χ0n) is 10.6. The second-order valence-corrected chi connectivity index (χ2v) is 3.62. The van der Waals surface area contributed by atoms with Crippen LogP contribution in [0.5, 0.6) is 0 Å². The van der Waals surface area contributed by atoms with Crippen molar-refractivity contribution < 1.29 is 4.76 Å². The average molecular weight is 223 g/mol. The molecule has 0 bridgehead atoms. The van der Waals surface area contributed by atoms with Gasteiger partial charge in [0, 0.05) is 27.5 Å². The highest BCUT2D eigenvalue weighted by atomic mass is 16.3. The van der Waals surface area contributed by atoms with Gasteiger partial charge in [0.1, 0.15) is 0 Å². The van der Waals surface area contributed by atoms with E-state index >= 15 is 0 Å². The molecule has 90 valence electrons. The van der Waals surface area contributed by atoms with Gasteiger partial charge in [-0.25, -0.2) is 0 Å². The molecule has 1 N–H and O–H groups in total. The Morgan fingerprint density at radius 1 is 1.50 bits per heavy atom. The molecule has 0 aromatic rings. The average Bonchev–Trinajstić information content (AvgIpc) is 2.31. The molecule has 16 heavy (non-hydrogen) atoms. The molecule has 0 aliphatic rings. The highest BCUT2D eigenvalue weighted by Crippen LogP contribution is 1.99. The van der Waals surface area contributed by atoms with E-state index in [0.29, 0.717) is 13.1 Å². The van der Waals surface area contributed by atoms with Crippen LogP contribution >= 0.6 is 0 Å². The summed E-state index contributed by atoms with van der Waals surface area (Å²) in [5, 5.41) is 3.34. The monoisotopic (exact) mass is 223 g/mol. The van der Waals surface area contributed by atoms with Crippen LogP contribution in [0.2, 0.25) is 0 Å². The Morgan fingerprint density at radius 3 is 2.69 bits per heavy atom. The van der Waals surface area contributed by atoms with Crippen LogP contribution in [0.15, 0.2) is 36.6 Å². The molecule has 0 fully saturated rings. The Hall–Kier alpha value is -1.38. The number of nitrogens with zero attached hydrogens (tertiary/aromatic N) is 1. The largest absolute Gasteiger partial charge is 0.382 e. The standard InChI is InChI=1S/C13H23N2O/c1-5-8-9-12(4)14-13(6-2)10-11-15(16)7-3/h5,8-10,12,14H,1,6-7,11H2,2-4H3/q+1. The van der Waals surface area contributed by atoms with Crippen LogP contribution in [0.25, 0.3) is 0 Å². The van der Waals surface area contributed by atoms with Gasteiger partial charge in [-0.3, -0.25) is 0 Å².